The number of nitrogens with zero attached hydrogens (tertiary/aromatic N) is 2. The Morgan fingerprint density at radius 3 is 1.17 bits per heavy atom. The molecule has 1 aliphatic heterocycles. The molecule has 29 heavy (non-hydrogen) atoms. The predicted octanol–water partition coefficient (Wildman–Crippen LogP) is 5.36. The minimum absolute atomic E-state index is 0.0313. The summed E-state index contributed by atoms with van der Waals surface area (Å²) in [5.74, 6) is -0.211. The Labute approximate surface area is 173 Å². The van der Waals surface area contributed by atoms with Crippen molar-refractivity contribution in [1.29, 1.82) is 0 Å². The zero-order chi connectivity index (χ0) is 21.2. The summed E-state index contributed by atoms with van der Waals surface area (Å²) in [6, 6.07) is 16.0. The van der Waals surface area contributed by atoms with E-state index >= 15 is 0 Å². The van der Waals surface area contributed by atoms with Crippen LogP contribution in [0.25, 0.3) is 0 Å². The molecule has 0 bridgehead atoms. The standard InChI is InChI=1S/C25H30N2O2/c1-23(2,3)17-7-11-19(12-8-17)26-21(28)25(15-16-25)22(29)27(26)20-13-9-18(10-14-20)24(4,5)6/h7-14H,15-16H2,1-6H3. The van der Waals surface area contributed by atoms with Crippen molar-refractivity contribution in [1.82, 2.24) is 0 Å². The van der Waals surface area contributed by atoms with Gasteiger partial charge in [0.15, 0.2) is 0 Å². The summed E-state index contributed by atoms with van der Waals surface area (Å²) in [5, 5.41) is 3.15. The van der Waals surface area contributed by atoms with Gasteiger partial charge in [-0.2, -0.15) is 0 Å². The third-order valence-electron chi connectivity index (χ3n) is 6.11. The Kier molecular flexibility index (Phi) is 4.20. The van der Waals surface area contributed by atoms with Crippen LogP contribution in [-0.4, -0.2) is 11.8 Å². The fraction of sp³-hybridized carbons (Fsp3) is 0.440. The van der Waals surface area contributed by atoms with Gasteiger partial charge in [0.1, 0.15) is 5.41 Å². The first kappa shape index (κ1) is 19.7. The molecule has 1 heterocycles. The molecule has 0 unspecified atom stereocenters. The normalized spacial score (nSPS) is 18.7. The van der Waals surface area contributed by atoms with Gasteiger partial charge in [0.05, 0.1) is 11.4 Å². The van der Waals surface area contributed by atoms with Crippen molar-refractivity contribution in [3.63, 3.8) is 0 Å². The van der Waals surface area contributed by atoms with Crippen molar-refractivity contribution >= 4 is 23.2 Å². The Morgan fingerprint density at radius 2 is 0.931 bits per heavy atom. The maximum atomic E-state index is 13.3. The molecule has 1 aliphatic carbocycles. The first-order valence-electron chi connectivity index (χ1n) is 10.4. The molecule has 4 rings (SSSR count). The molecule has 0 atom stereocenters. The van der Waals surface area contributed by atoms with Crippen LogP contribution in [-0.2, 0) is 20.4 Å². The van der Waals surface area contributed by atoms with Crippen LogP contribution in [0, 0.1) is 5.41 Å². The molecule has 2 aliphatic rings. The van der Waals surface area contributed by atoms with Crippen LogP contribution in [0.4, 0.5) is 11.4 Å². The van der Waals surface area contributed by atoms with Crippen LogP contribution < -0.4 is 10.0 Å². The van der Waals surface area contributed by atoms with E-state index in [1.807, 2.05) is 48.5 Å². The van der Waals surface area contributed by atoms with Crippen LogP contribution >= 0.6 is 0 Å². The van der Waals surface area contributed by atoms with E-state index in [9.17, 15) is 9.59 Å². The average Bonchev–Trinajstić information content (AvgIpc) is 3.42. The third kappa shape index (κ3) is 3.15. The lowest BCUT2D eigenvalue weighted by Gasteiger charge is -2.29. The summed E-state index contributed by atoms with van der Waals surface area (Å²) >= 11 is 0. The van der Waals surface area contributed by atoms with Crippen molar-refractivity contribution in [3.8, 4) is 0 Å². The molecule has 4 heteroatoms. The van der Waals surface area contributed by atoms with Gasteiger partial charge in [0.25, 0.3) is 11.8 Å². The minimum Gasteiger partial charge on any atom is -0.271 e. The summed E-state index contributed by atoms with van der Waals surface area (Å²) in [7, 11) is 0. The number of hydrogen-bond donors (Lipinski definition) is 0. The van der Waals surface area contributed by atoms with Gasteiger partial charge in [-0.1, -0.05) is 65.8 Å². The van der Waals surface area contributed by atoms with Crippen molar-refractivity contribution in [2.75, 3.05) is 10.0 Å². The van der Waals surface area contributed by atoms with Gasteiger partial charge in [-0.15, -0.1) is 0 Å². The van der Waals surface area contributed by atoms with Crippen LogP contribution in [0.5, 0.6) is 0 Å². The van der Waals surface area contributed by atoms with Crippen LogP contribution in [0.15, 0.2) is 48.5 Å². The fourth-order valence-electron chi connectivity index (χ4n) is 3.90. The van der Waals surface area contributed by atoms with E-state index in [4.69, 9.17) is 0 Å². The zero-order valence-corrected chi connectivity index (χ0v) is 18.2. The van der Waals surface area contributed by atoms with Gasteiger partial charge in [-0.05, 0) is 59.1 Å². The summed E-state index contributed by atoms with van der Waals surface area (Å²) in [5.41, 5.74) is 3.07. The Balaban J connectivity index is 1.75. The molecule has 1 spiro atoms. The quantitative estimate of drug-likeness (QED) is 0.648. The number of anilines is 2. The molecular weight excluding hydrogens is 360 g/mol. The lowest BCUT2D eigenvalue weighted by atomic mass is 9.87. The van der Waals surface area contributed by atoms with Crippen LogP contribution in [0.1, 0.15) is 65.5 Å². The largest absolute Gasteiger partial charge is 0.271 e. The molecule has 0 aromatic heterocycles. The van der Waals surface area contributed by atoms with Gasteiger partial charge in [-0.25, -0.2) is 10.0 Å². The molecule has 1 saturated carbocycles. The number of hydrogen-bond acceptors (Lipinski definition) is 2. The second-order valence-corrected chi connectivity index (χ2v) is 10.4. The molecule has 0 radical (unpaired) electrons. The zero-order valence-electron chi connectivity index (χ0n) is 18.2. The van der Waals surface area contributed by atoms with E-state index in [0.29, 0.717) is 12.8 Å². The fourth-order valence-corrected chi connectivity index (χ4v) is 3.90. The van der Waals surface area contributed by atoms with E-state index in [-0.39, 0.29) is 22.6 Å². The minimum atomic E-state index is -0.856. The summed E-state index contributed by atoms with van der Waals surface area (Å²) in [6.45, 7) is 13.0. The monoisotopic (exact) mass is 390 g/mol. The lowest BCUT2D eigenvalue weighted by Crippen LogP contribution is -2.41. The summed E-state index contributed by atoms with van der Waals surface area (Å²) < 4.78 is 0. The molecule has 2 aromatic carbocycles. The number of benzene rings is 2. The number of rotatable bonds is 2. The highest BCUT2D eigenvalue weighted by atomic mass is 16.2. The molecule has 2 amide bonds. The van der Waals surface area contributed by atoms with Crippen molar-refractivity contribution in [2.45, 2.75) is 65.2 Å². The molecule has 152 valence electrons. The Bertz CT molecular complexity index is 878. The second kappa shape index (κ2) is 6.19. The smallest absolute Gasteiger partial charge is 0.261 e. The Morgan fingerprint density at radius 1 is 0.621 bits per heavy atom. The molecule has 2 fully saturated rings. The summed E-state index contributed by atoms with van der Waals surface area (Å²) in [6.07, 6.45) is 1.27. The number of hydrazine groups is 1. The molecular formula is C25H30N2O2. The van der Waals surface area contributed by atoms with E-state index in [1.54, 1.807) is 10.0 Å². The second-order valence-electron chi connectivity index (χ2n) is 10.4. The highest BCUT2D eigenvalue weighted by molar-refractivity contribution is 6.27. The van der Waals surface area contributed by atoms with E-state index in [0.717, 1.165) is 11.4 Å². The van der Waals surface area contributed by atoms with Crippen molar-refractivity contribution in [3.05, 3.63) is 59.7 Å². The highest BCUT2D eigenvalue weighted by Crippen LogP contribution is 2.54. The maximum absolute atomic E-state index is 13.3. The van der Waals surface area contributed by atoms with Gasteiger partial charge < -0.3 is 0 Å². The molecule has 2 aromatic rings. The van der Waals surface area contributed by atoms with Crippen LogP contribution in [0.3, 0.4) is 0 Å². The third-order valence-corrected chi connectivity index (χ3v) is 6.11. The molecule has 4 nitrogen and oxygen atoms in total. The topological polar surface area (TPSA) is 40.6 Å². The van der Waals surface area contributed by atoms with Gasteiger partial charge in [0, 0.05) is 0 Å². The van der Waals surface area contributed by atoms with Crippen molar-refractivity contribution < 1.29 is 9.59 Å². The Hall–Kier alpha value is -2.62. The SMILES string of the molecule is CC(C)(C)c1ccc(N2C(=O)C3(CC3)C(=O)N2c2ccc(C(C)(C)C)cc2)cc1. The average molecular weight is 391 g/mol. The lowest BCUT2D eigenvalue weighted by molar-refractivity contribution is -0.128. The van der Waals surface area contributed by atoms with Gasteiger partial charge in [0.2, 0.25) is 0 Å². The molecule has 0 N–H and O–H groups in total. The number of carbonyl (C=O) groups is 2. The number of amides is 2. The first-order chi connectivity index (χ1) is 13.4. The van der Waals surface area contributed by atoms with Gasteiger partial charge >= 0.3 is 0 Å². The van der Waals surface area contributed by atoms with E-state index < -0.39 is 5.41 Å². The number of carbonyl (C=O) groups excluding carboxylic acids is 2. The maximum Gasteiger partial charge on any atom is 0.261 e. The van der Waals surface area contributed by atoms with E-state index in [2.05, 4.69) is 41.5 Å². The van der Waals surface area contributed by atoms with Crippen molar-refractivity contribution in [2.24, 2.45) is 5.41 Å². The van der Waals surface area contributed by atoms with E-state index in [1.165, 1.54) is 11.1 Å². The molecule has 1 saturated heterocycles. The predicted molar refractivity (Wildman–Crippen MR) is 117 cm³/mol. The highest BCUT2D eigenvalue weighted by Gasteiger charge is 2.66. The van der Waals surface area contributed by atoms with Gasteiger partial charge in [-0.3, -0.25) is 9.59 Å². The summed E-state index contributed by atoms with van der Waals surface area (Å²) in [4.78, 5) is 26.5. The van der Waals surface area contributed by atoms with Crippen LogP contribution in [0.2, 0.25) is 0 Å². The first-order valence-corrected chi connectivity index (χ1v) is 10.4.